The molecule has 16 heteroatoms. The highest BCUT2D eigenvalue weighted by Gasteiger charge is 2.59. The Morgan fingerprint density at radius 2 is 1.95 bits per heavy atom. The van der Waals surface area contributed by atoms with Gasteiger partial charge in [0, 0.05) is 6.42 Å². The van der Waals surface area contributed by atoms with Crippen LogP contribution < -0.4 is 11.5 Å². The molecular weight excluding hydrogens is 568 g/mol. The highest BCUT2D eigenvalue weighted by Crippen LogP contribution is 2.41. The molecule has 1 aliphatic heterocycles. The fourth-order valence-corrected chi connectivity index (χ4v) is 3.71. The number of amidine groups is 1. The van der Waals surface area contributed by atoms with Crippen LogP contribution in [-0.4, -0.2) is 89.4 Å². The quantitative estimate of drug-likeness (QED) is 0.0684. The SMILES string of the molecule is CCC(=O)O[C@H]1[C@@H](O)[C@](C#N)(c2ccc(C(N=CN)=NC(O)OCOC(=O)C(C)(C)C)[nH]2)O[C@@H]1COC(=O)[C@@H](N)C(C)C. The van der Waals surface area contributed by atoms with E-state index in [4.69, 9.17) is 35.2 Å². The van der Waals surface area contributed by atoms with Crippen LogP contribution in [0.4, 0.5) is 0 Å². The standard InChI is InChI=1S/C27H40N6O10/c1-7-18(34)42-20-16(10-39-23(36)19(30)14(2)3)43-27(11-28,21(20)35)17-9-8-15(32-17)22(31-12-29)33-25(38)41-13-40-24(37)26(4,5)6/h8-9,12,14,16,19-21,25,32,35,38H,7,10,13,30H2,1-6H3,(H2,29,31,33)/t16-,19+,20-,21-,25?,27+/m1/s1. The lowest BCUT2D eigenvalue weighted by atomic mass is 9.92. The van der Waals surface area contributed by atoms with E-state index in [1.54, 1.807) is 41.5 Å². The van der Waals surface area contributed by atoms with Crippen LogP contribution >= 0.6 is 0 Å². The number of aromatic amines is 1. The van der Waals surface area contributed by atoms with Gasteiger partial charge in [-0.25, -0.2) is 9.98 Å². The Kier molecular flexibility index (Phi) is 12.3. The second-order valence-electron chi connectivity index (χ2n) is 11.0. The molecule has 1 aromatic rings. The molecule has 7 N–H and O–H groups in total. The first-order valence-electron chi connectivity index (χ1n) is 13.5. The van der Waals surface area contributed by atoms with Crippen molar-refractivity contribution < 1.29 is 48.3 Å². The average Bonchev–Trinajstić information content (AvgIpc) is 3.54. The zero-order chi connectivity index (χ0) is 32.5. The number of esters is 3. The van der Waals surface area contributed by atoms with Gasteiger partial charge < -0.3 is 45.6 Å². The Balaban J connectivity index is 2.33. The van der Waals surface area contributed by atoms with Gasteiger partial charge in [-0.2, -0.15) is 5.26 Å². The summed E-state index contributed by atoms with van der Waals surface area (Å²) in [5.74, 6) is -2.39. The second-order valence-corrected chi connectivity index (χ2v) is 11.0. The molecule has 0 bridgehead atoms. The van der Waals surface area contributed by atoms with E-state index in [2.05, 4.69) is 15.0 Å². The first-order chi connectivity index (χ1) is 20.1. The molecule has 1 aliphatic rings. The van der Waals surface area contributed by atoms with E-state index in [0.717, 1.165) is 6.34 Å². The van der Waals surface area contributed by atoms with Crippen LogP contribution in [0.3, 0.4) is 0 Å². The molecule has 1 saturated heterocycles. The predicted octanol–water partition coefficient (Wildman–Crippen LogP) is -0.0855. The van der Waals surface area contributed by atoms with Crippen LogP contribution in [0.1, 0.15) is 59.4 Å². The zero-order valence-corrected chi connectivity index (χ0v) is 25.0. The molecule has 0 spiro atoms. The van der Waals surface area contributed by atoms with Gasteiger partial charge in [-0.05, 0) is 38.8 Å². The minimum Gasteiger partial charge on any atom is -0.462 e. The maximum atomic E-state index is 12.3. The Hall–Kier alpha value is -3.88. The third-order valence-electron chi connectivity index (χ3n) is 6.31. The van der Waals surface area contributed by atoms with Gasteiger partial charge in [0.15, 0.2) is 18.7 Å². The molecule has 0 amide bonds. The first kappa shape index (κ1) is 35.3. The van der Waals surface area contributed by atoms with Crippen LogP contribution in [-0.2, 0) is 43.7 Å². The monoisotopic (exact) mass is 608 g/mol. The summed E-state index contributed by atoms with van der Waals surface area (Å²) in [6.07, 6.45) is -5.32. The van der Waals surface area contributed by atoms with Gasteiger partial charge in [0.05, 0.1) is 23.1 Å². The predicted molar refractivity (Wildman–Crippen MR) is 150 cm³/mol. The number of nitrogens with zero attached hydrogens (tertiary/aromatic N) is 3. The van der Waals surface area contributed by atoms with Crippen LogP contribution in [0.5, 0.6) is 0 Å². The number of aliphatic hydroxyl groups is 2. The summed E-state index contributed by atoms with van der Waals surface area (Å²) < 4.78 is 26.5. The van der Waals surface area contributed by atoms with Crippen molar-refractivity contribution in [2.24, 2.45) is 32.8 Å². The molecule has 0 aromatic carbocycles. The van der Waals surface area contributed by atoms with Crippen molar-refractivity contribution in [1.82, 2.24) is 4.98 Å². The zero-order valence-electron chi connectivity index (χ0n) is 25.0. The molecule has 43 heavy (non-hydrogen) atoms. The third-order valence-corrected chi connectivity index (χ3v) is 6.31. The topological polar surface area (TPSA) is 254 Å². The van der Waals surface area contributed by atoms with E-state index in [1.807, 2.05) is 6.07 Å². The molecule has 1 aromatic heterocycles. The number of nitrogens with two attached hydrogens (primary N) is 2. The minimum atomic E-state index is -2.12. The summed E-state index contributed by atoms with van der Waals surface area (Å²) in [5.41, 5.74) is 8.47. The summed E-state index contributed by atoms with van der Waals surface area (Å²) in [6.45, 7) is 8.88. The van der Waals surface area contributed by atoms with Gasteiger partial charge in [-0.3, -0.25) is 19.1 Å². The molecular formula is C27H40N6O10. The average molecular weight is 609 g/mol. The summed E-state index contributed by atoms with van der Waals surface area (Å²) in [7, 11) is 0. The van der Waals surface area contributed by atoms with Gasteiger partial charge in [-0.1, -0.05) is 20.8 Å². The van der Waals surface area contributed by atoms with Gasteiger partial charge in [0.2, 0.25) is 5.60 Å². The Bertz CT molecular complexity index is 1230. The molecule has 6 atom stereocenters. The summed E-state index contributed by atoms with van der Waals surface area (Å²) in [4.78, 5) is 47.0. The van der Waals surface area contributed by atoms with E-state index >= 15 is 0 Å². The molecule has 2 rings (SSSR count). The molecule has 0 radical (unpaired) electrons. The molecule has 2 heterocycles. The number of aliphatic hydroxyl groups excluding tert-OH is 2. The van der Waals surface area contributed by atoms with Crippen LogP contribution in [0, 0.1) is 22.7 Å². The smallest absolute Gasteiger partial charge is 0.323 e. The number of H-pyrrole nitrogens is 1. The normalized spacial score (nSPS) is 24.0. The third kappa shape index (κ3) is 8.81. The van der Waals surface area contributed by atoms with Crippen molar-refractivity contribution in [2.75, 3.05) is 13.4 Å². The fraction of sp³-hybridized carbons (Fsp3) is 0.630. The number of hydrogen-bond acceptors (Lipinski definition) is 13. The van der Waals surface area contributed by atoms with Crippen molar-refractivity contribution in [1.29, 1.82) is 5.26 Å². The van der Waals surface area contributed by atoms with Gasteiger partial charge in [0.25, 0.3) is 6.41 Å². The highest BCUT2D eigenvalue weighted by molar-refractivity contribution is 6.01. The number of nitriles is 1. The van der Waals surface area contributed by atoms with Crippen molar-refractivity contribution in [3.8, 4) is 6.07 Å². The minimum absolute atomic E-state index is 0.00260. The summed E-state index contributed by atoms with van der Waals surface area (Å²) in [6, 6.07) is 3.77. The maximum absolute atomic E-state index is 12.3. The number of aromatic nitrogens is 1. The van der Waals surface area contributed by atoms with E-state index in [1.165, 1.54) is 12.1 Å². The molecule has 1 fully saturated rings. The lowest BCUT2D eigenvalue weighted by Gasteiger charge is -2.24. The van der Waals surface area contributed by atoms with E-state index in [0.29, 0.717) is 0 Å². The number of hydrogen-bond donors (Lipinski definition) is 5. The van der Waals surface area contributed by atoms with Crippen molar-refractivity contribution in [2.45, 2.75) is 84.3 Å². The molecule has 0 saturated carbocycles. The highest BCUT2D eigenvalue weighted by atomic mass is 16.7. The molecule has 16 nitrogen and oxygen atoms in total. The van der Waals surface area contributed by atoms with Crippen LogP contribution in [0.25, 0.3) is 0 Å². The fourth-order valence-electron chi connectivity index (χ4n) is 3.71. The number of carbonyl (C=O) groups excluding carboxylic acids is 3. The van der Waals surface area contributed by atoms with Crippen molar-refractivity contribution >= 4 is 30.1 Å². The van der Waals surface area contributed by atoms with E-state index in [9.17, 15) is 29.9 Å². The number of aliphatic imine (C=N–C) groups is 2. The van der Waals surface area contributed by atoms with E-state index in [-0.39, 0.29) is 29.6 Å². The Labute approximate surface area is 249 Å². The van der Waals surface area contributed by atoms with Crippen molar-refractivity contribution in [3.05, 3.63) is 23.5 Å². The molecule has 0 aliphatic carbocycles. The molecule has 238 valence electrons. The summed E-state index contributed by atoms with van der Waals surface area (Å²) in [5, 5.41) is 31.6. The maximum Gasteiger partial charge on any atom is 0.323 e. The second kappa shape index (κ2) is 15.0. The Morgan fingerprint density at radius 3 is 2.51 bits per heavy atom. The van der Waals surface area contributed by atoms with Gasteiger partial charge in [0.1, 0.15) is 30.9 Å². The van der Waals surface area contributed by atoms with Gasteiger partial charge >= 0.3 is 17.9 Å². The van der Waals surface area contributed by atoms with E-state index < -0.39 is 73.1 Å². The van der Waals surface area contributed by atoms with Gasteiger partial charge in [-0.15, -0.1) is 0 Å². The molecule has 1 unspecified atom stereocenters. The lowest BCUT2D eigenvalue weighted by molar-refractivity contribution is -0.188. The number of rotatable bonds is 12. The van der Waals surface area contributed by atoms with Crippen molar-refractivity contribution in [3.63, 3.8) is 0 Å². The first-order valence-corrected chi connectivity index (χ1v) is 13.5. The Morgan fingerprint density at radius 1 is 1.28 bits per heavy atom. The largest absolute Gasteiger partial charge is 0.462 e. The summed E-state index contributed by atoms with van der Waals surface area (Å²) >= 11 is 0. The van der Waals surface area contributed by atoms with Crippen LogP contribution in [0.2, 0.25) is 0 Å². The number of ether oxygens (including phenoxy) is 5. The number of nitrogens with one attached hydrogen (secondary N) is 1. The lowest BCUT2D eigenvalue weighted by Crippen LogP contribution is -2.43. The van der Waals surface area contributed by atoms with Crippen LogP contribution in [0.15, 0.2) is 22.1 Å². The number of carbonyl (C=O) groups is 3.